The fourth-order valence-corrected chi connectivity index (χ4v) is 4.04. The van der Waals surface area contributed by atoms with Gasteiger partial charge in [0.05, 0.1) is 26.5 Å². The molecule has 3 aliphatic rings. The Bertz CT molecular complexity index is 1410. The van der Waals surface area contributed by atoms with E-state index in [-0.39, 0.29) is 16.5 Å². The van der Waals surface area contributed by atoms with Crippen molar-refractivity contribution in [3.8, 4) is 22.4 Å². The lowest BCUT2D eigenvalue weighted by Crippen LogP contribution is -2.47. The van der Waals surface area contributed by atoms with Crippen LogP contribution >= 0.6 is 11.3 Å². The summed E-state index contributed by atoms with van der Waals surface area (Å²) in [5.74, 6) is 1.19. The summed E-state index contributed by atoms with van der Waals surface area (Å²) in [6.45, 7) is 0. The van der Waals surface area contributed by atoms with Gasteiger partial charge < -0.3 is 14.2 Å². The van der Waals surface area contributed by atoms with E-state index in [0.717, 1.165) is 5.57 Å². The first-order valence-electron chi connectivity index (χ1n) is 9.08. The van der Waals surface area contributed by atoms with E-state index in [1.807, 2.05) is 0 Å². The van der Waals surface area contributed by atoms with Gasteiger partial charge >= 0.3 is 0 Å². The average Bonchev–Trinajstić information content (AvgIpc) is 3.20. The highest BCUT2D eigenvalue weighted by Crippen LogP contribution is 2.38. The highest BCUT2D eigenvalue weighted by Gasteiger charge is 2.15. The number of H-pyrrole nitrogens is 1. The van der Waals surface area contributed by atoms with E-state index in [9.17, 15) is 9.59 Å². The molecule has 0 spiro atoms. The van der Waals surface area contributed by atoms with Gasteiger partial charge in [-0.15, -0.1) is 0 Å². The summed E-state index contributed by atoms with van der Waals surface area (Å²) in [7, 11) is 4.51. The Hall–Kier alpha value is -3.92. The van der Waals surface area contributed by atoms with E-state index in [2.05, 4.69) is 10.1 Å². The molecule has 0 bridgehead atoms. The van der Waals surface area contributed by atoms with E-state index in [0.29, 0.717) is 32.6 Å². The molecule has 1 aromatic carbocycles. The molecule has 0 saturated heterocycles. The van der Waals surface area contributed by atoms with E-state index >= 15 is 0 Å². The van der Waals surface area contributed by atoms with Gasteiger partial charge in [0.15, 0.2) is 22.8 Å². The van der Waals surface area contributed by atoms with Gasteiger partial charge in [-0.1, -0.05) is 11.3 Å². The molecule has 31 heavy (non-hydrogen) atoms. The molecule has 2 aliphatic heterocycles. The van der Waals surface area contributed by atoms with Gasteiger partial charge in [-0.2, -0.15) is 4.98 Å². The molecule has 158 valence electrons. The number of nitrogens with one attached hydrogen (secondary N) is 2. The number of ketones is 1. The van der Waals surface area contributed by atoms with E-state index in [1.165, 1.54) is 49.5 Å². The number of carbonyl (C=O) groups is 1. The van der Waals surface area contributed by atoms with Crippen molar-refractivity contribution >= 4 is 28.8 Å². The van der Waals surface area contributed by atoms with Crippen molar-refractivity contribution in [2.75, 3.05) is 21.3 Å². The molecule has 0 aromatic heterocycles. The van der Waals surface area contributed by atoms with Crippen LogP contribution < -0.4 is 35.1 Å². The number of fused-ring (bicyclic) bond motifs is 1. The summed E-state index contributed by atoms with van der Waals surface area (Å²) in [6.07, 6.45) is 7.81. The summed E-state index contributed by atoms with van der Waals surface area (Å²) >= 11 is 1.22. The van der Waals surface area contributed by atoms with Gasteiger partial charge in [0, 0.05) is 5.57 Å². The highest BCUT2D eigenvalue weighted by molar-refractivity contribution is 7.11. The fourth-order valence-electron chi connectivity index (χ4n) is 3.11. The van der Waals surface area contributed by atoms with E-state index in [4.69, 9.17) is 19.6 Å². The number of aromatic nitrogens is 3. The number of carbonyl (C=O) groups excluding carboxylic acids is 1. The van der Waals surface area contributed by atoms with Gasteiger partial charge in [0.1, 0.15) is 4.66 Å². The lowest BCUT2D eigenvalue weighted by Gasteiger charge is -2.12. The number of hydrogen-bond donors (Lipinski definition) is 2. The van der Waals surface area contributed by atoms with E-state index < -0.39 is 5.56 Å². The number of rotatable bonds is 4. The third kappa shape index (κ3) is 3.68. The minimum atomic E-state index is -0.532. The average molecular weight is 438 g/mol. The van der Waals surface area contributed by atoms with Crippen LogP contribution in [0.25, 0.3) is 16.8 Å². The maximum absolute atomic E-state index is 12.7. The van der Waals surface area contributed by atoms with Crippen molar-refractivity contribution < 1.29 is 19.0 Å². The molecule has 1 aliphatic carbocycles. The molecule has 0 saturated carbocycles. The van der Waals surface area contributed by atoms with Crippen molar-refractivity contribution in [3.05, 3.63) is 67.7 Å². The van der Waals surface area contributed by atoms with Crippen molar-refractivity contribution in [2.24, 2.45) is 0 Å². The fraction of sp³-hybridized carbons (Fsp3) is 0.143. The van der Waals surface area contributed by atoms with Crippen LogP contribution in [0.2, 0.25) is 0 Å². The predicted octanol–water partition coefficient (Wildman–Crippen LogP) is 0.240. The van der Waals surface area contributed by atoms with Crippen LogP contribution in [0.5, 0.6) is 17.2 Å². The van der Waals surface area contributed by atoms with Crippen molar-refractivity contribution in [2.45, 2.75) is 0 Å². The van der Waals surface area contributed by atoms with Gasteiger partial charge in [0.25, 0.3) is 5.56 Å². The summed E-state index contributed by atoms with van der Waals surface area (Å²) in [5, 5.41) is 12.1. The normalized spacial score (nSPS) is 13.8. The minimum absolute atomic E-state index is 0.0494. The van der Waals surface area contributed by atoms with Crippen LogP contribution in [0.4, 0.5) is 0 Å². The van der Waals surface area contributed by atoms with Crippen molar-refractivity contribution in [1.82, 2.24) is 14.8 Å². The molecular formula is C21H18N4O5S. The molecule has 2 heterocycles. The maximum atomic E-state index is 12.7. The van der Waals surface area contributed by atoms with Crippen LogP contribution in [-0.4, -0.2) is 41.9 Å². The number of nitrogens with zero attached hydrogens (tertiary/aromatic N) is 2. The largest absolute Gasteiger partial charge is 0.493 e. The smallest absolute Gasteiger partial charge is 0.283 e. The molecule has 4 rings (SSSR count). The Morgan fingerprint density at radius 1 is 1.03 bits per heavy atom. The third-order valence-electron chi connectivity index (χ3n) is 4.62. The second-order valence-corrected chi connectivity index (χ2v) is 7.45. The summed E-state index contributed by atoms with van der Waals surface area (Å²) in [5.41, 5.74) is 0.766. The molecule has 0 radical (unpaired) electrons. The van der Waals surface area contributed by atoms with Gasteiger partial charge in [-0.3, -0.25) is 20.1 Å². The molecule has 0 unspecified atom stereocenters. The van der Waals surface area contributed by atoms with E-state index in [1.54, 1.807) is 30.4 Å². The highest BCUT2D eigenvalue weighted by atomic mass is 32.1. The standard InChI is InChI=1S/C21H18N4O5S/c1-28-15-9-11(10-16(29-2)17(15)30-3)8-14-18(22)25-21(23-19(14)27)31-20(24-25)12-4-6-13(26)7-5-12/h4-10,22,24H,1-3H3/b14-8+,22-18?. The first-order chi connectivity index (χ1) is 14.9. The molecule has 0 amide bonds. The molecule has 0 atom stereocenters. The Balaban J connectivity index is 1.94. The second kappa shape index (κ2) is 8.07. The number of ether oxygens (including phenoxy) is 3. The van der Waals surface area contributed by atoms with Crippen molar-refractivity contribution in [1.29, 1.82) is 5.41 Å². The van der Waals surface area contributed by atoms with Gasteiger partial charge in [-0.25, -0.2) is 4.68 Å². The molecule has 0 fully saturated rings. The summed E-state index contributed by atoms with van der Waals surface area (Å²) < 4.78 is 18.1. The zero-order valence-corrected chi connectivity index (χ0v) is 17.7. The number of benzene rings is 1. The summed E-state index contributed by atoms with van der Waals surface area (Å²) in [4.78, 5) is 28.1. The van der Waals surface area contributed by atoms with Crippen molar-refractivity contribution in [3.63, 3.8) is 0 Å². The number of methoxy groups -OCH3 is 3. The molecule has 1 aromatic rings. The molecule has 10 heteroatoms. The lowest BCUT2D eigenvalue weighted by molar-refractivity contribution is -0.110. The Morgan fingerprint density at radius 3 is 2.26 bits per heavy atom. The first kappa shape index (κ1) is 20.4. The number of aromatic amines is 1. The molecular weight excluding hydrogens is 420 g/mol. The quantitative estimate of drug-likeness (QED) is 0.602. The maximum Gasteiger partial charge on any atom is 0.283 e. The second-order valence-electron chi connectivity index (χ2n) is 6.47. The van der Waals surface area contributed by atoms with Crippen LogP contribution in [0.1, 0.15) is 5.56 Å². The van der Waals surface area contributed by atoms with Crippen LogP contribution in [0.15, 0.2) is 41.2 Å². The lowest BCUT2D eigenvalue weighted by atomic mass is 10.1. The van der Waals surface area contributed by atoms with Crippen LogP contribution in [0.3, 0.4) is 0 Å². The van der Waals surface area contributed by atoms with Gasteiger partial charge in [-0.05, 0) is 48.1 Å². The van der Waals surface area contributed by atoms with Crippen LogP contribution in [0, 0.1) is 5.41 Å². The Labute approximate surface area is 179 Å². The zero-order valence-electron chi connectivity index (χ0n) is 16.9. The monoisotopic (exact) mass is 438 g/mol. The minimum Gasteiger partial charge on any atom is -0.493 e. The van der Waals surface area contributed by atoms with Crippen LogP contribution in [-0.2, 0) is 4.79 Å². The van der Waals surface area contributed by atoms with Gasteiger partial charge in [0.2, 0.25) is 10.9 Å². The summed E-state index contributed by atoms with van der Waals surface area (Å²) in [6, 6.07) is 3.37. The Kier molecular flexibility index (Phi) is 5.30. The third-order valence-corrected chi connectivity index (χ3v) is 5.61. The topological polar surface area (TPSA) is 119 Å². The predicted molar refractivity (Wildman–Crippen MR) is 115 cm³/mol. The SMILES string of the molecule is COc1cc(/C=c2/c(=O)nc3sc(=C4C=CC(=O)C=C4)[nH]n-3c2=N)cc(OC)c1OC. The number of allylic oxidation sites excluding steroid dienone is 4. The zero-order chi connectivity index (χ0) is 22.1. The number of hydrogen-bond acceptors (Lipinski definition) is 8. The molecule has 9 nitrogen and oxygen atoms in total. The molecule has 2 N–H and O–H groups in total. The Morgan fingerprint density at radius 2 is 1.68 bits per heavy atom. The first-order valence-corrected chi connectivity index (χ1v) is 9.89.